The normalized spacial score (nSPS) is 14.9. The zero-order valence-corrected chi connectivity index (χ0v) is 10.9. The van der Waals surface area contributed by atoms with E-state index in [-0.39, 0.29) is 0 Å². The minimum atomic E-state index is 0.603. The van der Waals surface area contributed by atoms with Crippen LogP contribution in [0, 0.1) is 0 Å². The van der Waals surface area contributed by atoms with Gasteiger partial charge in [0.15, 0.2) is 4.47 Å². The molecule has 0 atom stereocenters. The summed E-state index contributed by atoms with van der Waals surface area (Å²) in [5, 5.41) is 3.37. The number of benzene rings is 1. The first-order chi connectivity index (χ1) is 8.31. The fraction of sp³-hybridized carbons (Fsp3) is 0.308. The number of halogens is 1. The van der Waals surface area contributed by atoms with Gasteiger partial charge in [-0.3, -0.25) is 0 Å². The molecule has 2 aromatic rings. The fourth-order valence-electron chi connectivity index (χ4n) is 1.84. The van der Waals surface area contributed by atoms with E-state index in [1.54, 1.807) is 0 Å². The second-order valence-electron chi connectivity index (χ2n) is 4.33. The second-order valence-corrected chi connectivity index (χ2v) is 6.03. The Hall–Kier alpha value is -1.06. The number of thiazole rings is 1. The molecule has 0 aliphatic heterocycles. The lowest BCUT2D eigenvalue weighted by molar-refractivity contribution is 1.12. The molecular weight excluding hydrogens is 252 g/mol. The van der Waals surface area contributed by atoms with Gasteiger partial charge in [-0.1, -0.05) is 23.7 Å². The lowest BCUT2D eigenvalue weighted by atomic mass is 10.1. The Morgan fingerprint density at radius 1 is 1.29 bits per heavy atom. The quantitative estimate of drug-likeness (QED) is 0.891. The number of nitrogens with zero attached hydrogens (tertiary/aromatic N) is 1. The zero-order chi connectivity index (χ0) is 11.7. The van der Waals surface area contributed by atoms with Gasteiger partial charge in [-0.2, -0.15) is 0 Å². The van der Waals surface area contributed by atoms with Gasteiger partial charge in [0.1, 0.15) is 0 Å². The topological polar surface area (TPSA) is 24.9 Å². The van der Waals surface area contributed by atoms with E-state index in [0.717, 1.165) is 23.0 Å². The monoisotopic (exact) mass is 264 g/mol. The van der Waals surface area contributed by atoms with Gasteiger partial charge in [0, 0.05) is 16.8 Å². The number of nitrogens with one attached hydrogen (secondary N) is 1. The van der Waals surface area contributed by atoms with E-state index in [1.807, 2.05) is 6.20 Å². The minimum Gasteiger partial charge on any atom is -0.380 e. The van der Waals surface area contributed by atoms with Crippen LogP contribution in [0.1, 0.15) is 29.2 Å². The van der Waals surface area contributed by atoms with Gasteiger partial charge in [-0.05, 0) is 36.5 Å². The molecule has 1 aliphatic carbocycles. The van der Waals surface area contributed by atoms with Crippen LogP contribution >= 0.6 is 22.9 Å². The number of hydrogen-bond acceptors (Lipinski definition) is 3. The molecule has 0 saturated heterocycles. The summed E-state index contributed by atoms with van der Waals surface area (Å²) in [6, 6.07) is 8.74. The molecule has 1 heterocycles. The first kappa shape index (κ1) is 11.1. The van der Waals surface area contributed by atoms with E-state index >= 15 is 0 Å². The molecule has 0 bridgehead atoms. The van der Waals surface area contributed by atoms with Crippen molar-refractivity contribution < 1.29 is 0 Å². The molecule has 0 spiro atoms. The van der Waals surface area contributed by atoms with Gasteiger partial charge in [-0.25, -0.2) is 4.98 Å². The predicted molar refractivity (Wildman–Crippen MR) is 72.9 cm³/mol. The predicted octanol–water partition coefficient (Wildman–Crippen LogP) is 4.29. The Morgan fingerprint density at radius 2 is 2.06 bits per heavy atom. The molecule has 0 unspecified atom stereocenters. The standard InChI is InChI=1S/C13H13ClN2S/c14-13-16-8-12(17-13)7-15-11-5-3-10(4-6-11)9-1-2-9/h3-6,8-9,15H,1-2,7H2. The van der Waals surface area contributed by atoms with Crippen LogP contribution in [0.3, 0.4) is 0 Å². The molecular formula is C13H13ClN2S. The molecule has 1 aliphatic rings. The summed E-state index contributed by atoms with van der Waals surface area (Å²) in [6.07, 6.45) is 4.52. The van der Waals surface area contributed by atoms with Crippen LogP contribution < -0.4 is 5.32 Å². The number of hydrogen-bond donors (Lipinski definition) is 1. The third-order valence-electron chi connectivity index (χ3n) is 2.95. The van der Waals surface area contributed by atoms with Gasteiger partial charge in [0.05, 0.1) is 6.54 Å². The van der Waals surface area contributed by atoms with Crippen LogP contribution in [0.4, 0.5) is 5.69 Å². The highest BCUT2D eigenvalue weighted by atomic mass is 35.5. The van der Waals surface area contributed by atoms with E-state index in [2.05, 4.69) is 34.6 Å². The van der Waals surface area contributed by atoms with Crippen molar-refractivity contribution in [2.75, 3.05) is 5.32 Å². The third-order valence-corrected chi connectivity index (χ3v) is 4.07. The summed E-state index contributed by atoms with van der Waals surface area (Å²) in [5.41, 5.74) is 2.62. The Balaban J connectivity index is 1.60. The van der Waals surface area contributed by atoms with Crippen LogP contribution in [-0.4, -0.2) is 4.98 Å². The van der Waals surface area contributed by atoms with Gasteiger partial charge >= 0.3 is 0 Å². The fourth-order valence-corrected chi connectivity index (χ4v) is 2.76. The third kappa shape index (κ3) is 2.79. The van der Waals surface area contributed by atoms with E-state index < -0.39 is 0 Å². The maximum Gasteiger partial charge on any atom is 0.183 e. The van der Waals surface area contributed by atoms with Gasteiger partial charge in [-0.15, -0.1) is 11.3 Å². The number of aromatic nitrogens is 1. The number of anilines is 1. The van der Waals surface area contributed by atoms with Gasteiger partial charge in [0.2, 0.25) is 0 Å². The molecule has 1 aromatic carbocycles. The second kappa shape index (κ2) is 4.67. The largest absolute Gasteiger partial charge is 0.380 e. The first-order valence-corrected chi connectivity index (χ1v) is 6.95. The van der Waals surface area contributed by atoms with E-state index in [1.165, 1.54) is 29.7 Å². The molecule has 3 rings (SSSR count). The van der Waals surface area contributed by atoms with Crippen molar-refractivity contribution in [3.63, 3.8) is 0 Å². The zero-order valence-electron chi connectivity index (χ0n) is 9.32. The van der Waals surface area contributed by atoms with Crippen LogP contribution in [0.25, 0.3) is 0 Å². The molecule has 4 heteroatoms. The Labute approximate surface area is 110 Å². The first-order valence-electron chi connectivity index (χ1n) is 5.75. The highest BCUT2D eigenvalue weighted by Crippen LogP contribution is 2.40. The number of rotatable bonds is 4. The van der Waals surface area contributed by atoms with Crippen molar-refractivity contribution in [2.24, 2.45) is 0 Å². The SMILES string of the molecule is Clc1ncc(CNc2ccc(C3CC3)cc2)s1. The Bertz CT molecular complexity index is 502. The molecule has 1 saturated carbocycles. The van der Waals surface area contributed by atoms with Gasteiger partial charge < -0.3 is 5.32 Å². The summed E-state index contributed by atoms with van der Waals surface area (Å²) in [7, 11) is 0. The molecule has 1 fully saturated rings. The van der Waals surface area contributed by atoms with E-state index in [0.29, 0.717) is 4.47 Å². The van der Waals surface area contributed by atoms with Crippen LogP contribution in [0.5, 0.6) is 0 Å². The highest BCUT2D eigenvalue weighted by Gasteiger charge is 2.22. The smallest absolute Gasteiger partial charge is 0.183 e. The molecule has 1 N–H and O–H groups in total. The van der Waals surface area contributed by atoms with Crippen LogP contribution in [0.15, 0.2) is 30.5 Å². The van der Waals surface area contributed by atoms with Crippen LogP contribution in [-0.2, 0) is 6.54 Å². The summed E-state index contributed by atoms with van der Waals surface area (Å²) in [4.78, 5) is 5.17. The summed E-state index contributed by atoms with van der Waals surface area (Å²) in [6.45, 7) is 0.785. The maximum absolute atomic E-state index is 5.78. The van der Waals surface area contributed by atoms with E-state index in [9.17, 15) is 0 Å². The average molecular weight is 265 g/mol. The van der Waals surface area contributed by atoms with Crippen molar-refractivity contribution in [1.82, 2.24) is 4.98 Å². The summed E-state index contributed by atoms with van der Waals surface area (Å²) >= 11 is 7.30. The molecule has 17 heavy (non-hydrogen) atoms. The van der Waals surface area contributed by atoms with Gasteiger partial charge in [0.25, 0.3) is 0 Å². The average Bonchev–Trinajstić information content (AvgIpc) is 3.11. The lowest BCUT2D eigenvalue weighted by Crippen LogP contribution is -1.97. The van der Waals surface area contributed by atoms with Crippen molar-refractivity contribution >= 4 is 28.6 Å². The Kier molecular flexibility index (Phi) is 3.04. The maximum atomic E-state index is 5.78. The highest BCUT2D eigenvalue weighted by molar-refractivity contribution is 7.15. The van der Waals surface area contributed by atoms with Crippen molar-refractivity contribution in [2.45, 2.75) is 25.3 Å². The van der Waals surface area contributed by atoms with Crippen LogP contribution in [0.2, 0.25) is 4.47 Å². The Morgan fingerprint density at radius 3 is 2.65 bits per heavy atom. The molecule has 1 aromatic heterocycles. The van der Waals surface area contributed by atoms with Crippen molar-refractivity contribution in [3.8, 4) is 0 Å². The minimum absolute atomic E-state index is 0.603. The summed E-state index contributed by atoms with van der Waals surface area (Å²) < 4.78 is 0.603. The lowest BCUT2D eigenvalue weighted by Gasteiger charge is -2.05. The van der Waals surface area contributed by atoms with E-state index in [4.69, 9.17) is 11.6 Å². The molecule has 0 radical (unpaired) electrons. The molecule has 88 valence electrons. The molecule has 0 amide bonds. The van der Waals surface area contributed by atoms with Crippen molar-refractivity contribution in [1.29, 1.82) is 0 Å². The molecule has 2 nitrogen and oxygen atoms in total. The summed E-state index contributed by atoms with van der Waals surface area (Å²) in [5.74, 6) is 0.823. The van der Waals surface area contributed by atoms with Crippen molar-refractivity contribution in [3.05, 3.63) is 45.4 Å².